The number of Topliss-reactive ketones (excluding diaryl/α,β-unsaturated/α-hetero) is 1. The lowest BCUT2D eigenvalue weighted by molar-refractivity contribution is -0.119. The molecule has 0 spiro atoms. The van der Waals surface area contributed by atoms with Gasteiger partial charge in [-0.1, -0.05) is 33.8 Å². The van der Waals surface area contributed by atoms with Gasteiger partial charge in [-0.25, -0.2) is 0 Å². The van der Waals surface area contributed by atoms with Crippen LogP contribution >= 0.6 is 0 Å². The van der Waals surface area contributed by atoms with Crippen molar-refractivity contribution in [2.24, 2.45) is 28.6 Å². The van der Waals surface area contributed by atoms with Gasteiger partial charge in [0.05, 0.1) is 0 Å². The number of hydrogen-bond acceptors (Lipinski definition) is 1. The molecule has 0 saturated heterocycles. The largest absolute Gasteiger partial charge is 0.295 e. The Hall–Kier alpha value is -0.590. The second-order valence-electron chi connectivity index (χ2n) is 6.90. The van der Waals surface area contributed by atoms with Crippen molar-refractivity contribution in [1.82, 2.24) is 0 Å². The third-order valence-corrected chi connectivity index (χ3v) is 5.98. The van der Waals surface area contributed by atoms with Gasteiger partial charge in [-0.05, 0) is 41.6 Å². The third kappa shape index (κ3) is 1.00. The normalized spacial score (nSPS) is 49.1. The van der Waals surface area contributed by atoms with Crippen LogP contribution in [0, 0.1) is 28.6 Å². The highest BCUT2D eigenvalue weighted by atomic mass is 16.1. The van der Waals surface area contributed by atoms with E-state index in [1.807, 2.05) is 0 Å². The predicted molar refractivity (Wildman–Crippen MR) is 65.0 cm³/mol. The van der Waals surface area contributed by atoms with Gasteiger partial charge in [0.25, 0.3) is 0 Å². The molecule has 0 N–H and O–H groups in total. The molecular weight excluding hydrogens is 196 g/mol. The quantitative estimate of drug-likeness (QED) is 0.607. The van der Waals surface area contributed by atoms with E-state index in [0.29, 0.717) is 17.1 Å². The van der Waals surface area contributed by atoms with Crippen LogP contribution in [-0.2, 0) is 4.79 Å². The van der Waals surface area contributed by atoms with Crippen molar-refractivity contribution < 1.29 is 4.79 Å². The van der Waals surface area contributed by atoms with Crippen LogP contribution in [0.3, 0.4) is 0 Å². The third-order valence-electron chi connectivity index (χ3n) is 5.98. The predicted octanol–water partition coefficient (Wildman–Crippen LogP) is 3.59. The Balaban J connectivity index is 2.08. The van der Waals surface area contributed by atoms with Crippen LogP contribution < -0.4 is 0 Å². The first kappa shape index (κ1) is 10.6. The fourth-order valence-electron chi connectivity index (χ4n) is 4.78. The molecule has 0 amide bonds. The molecular formula is C15H22O. The van der Waals surface area contributed by atoms with Crippen molar-refractivity contribution in [3.05, 3.63) is 11.6 Å². The van der Waals surface area contributed by atoms with Crippen LogP contribution in [0.25, 0.3) is 0 Å². The van der Waals surface area contributed by atoms with E-state index < -0.39 is 0 Å². The Labute approximate surface area is 98.3 Å². The van der Waals surface area contributed by atoms with E-state index in [1.54, 1.807) is 0 Å². The van der Waals surface area contributed by atoms with Crippen molar-refractivity contribution in [2.75, 3.05) is 0 Å². The Kier molecular flexibility index (Phi) is 1.85. The maximum absolute atomic E-state index is 12.1. The van der Waals surface area contributed by atoms with Gasteiger partial charge < -0.3 is 0 Å². The number of carbonyl (C=O) groups is 1. The first-order chi connectivity index (χ1) is 7.40. The average molecular weight is 218 g/mol. The van der Waals surface area contributed by atoms with Gasteiger partial charge in [-0.3, -0.25) is 4.79 Å². The summed E-state index contributed by atoms with van der Waals surface area (Å²) in [5.74, 6) is 2.68. The van der Waals surface area contributed by atoms with Crippen LogP contribution in [0.15, 0.2) is 11.6 Å². The molecule has 0 radical (unpaired) electrons. The first-order valence-electron chi connectivity index (χ1n) is 6.64. The minimum Gasteiger partial charge on any atom is -0.295 e. The van der Waals surface area contributed by atoms with Crippen molar-refractivity contribution in [3.8, 4) is 0 Å². The summed E-state index contributed by atoms with van der Waals surface area (Å²) in [5, 5.41) is 0. The summed E-state index contributed by atoms with van der Waals surface area (Å²) in [5.41, 5.74) is 1.82. The van der Waals surface area contributed by atoms with Gasteiger partial charge in [0.15, 0.2) is 5.78 Å². The number of ketones is 1. The van der Waals surface area contributed by atoms with Crippen LogP contribution in [0.2, 0.25) is 0 Å². The first-order valence-corrected chi connectivity index (χ1v) is 6.64. The number of carbonyl (C=O) groups excluding carboxylic acids is 1. The van der Waals surface area contributed by atoms with Gasteiger partial charge in [0.2, 0.25) is 0 Å². The van der Waals surface area contributed by atoms with Crippen molar-refractivity contribution in [1.29, 1.82) is 0 Å². The highest BCUT2D eigenvalue weighted by Crippen LogP contribution is 2.73. The highest BCUT2D eigenvalue weighted by molar-refractivity contribution is 5.98. The Morgan fingerprint density at radius 3 is 2.69 bits per heavy atom. The second-order valence-corrected chi connectivity index (χ2v) is 6.90. The molecule has 3 aliphatic rings. The van der Waals surface area contributed by atoms with E-state index in [0.717, 1.165) is 31.1 Å². The van der Waals surface area contributed by atoms with Crippen molar-refractivity contribution in [2.45, 2.75) is 47.0 Å². The Morgan fingerprint density at radius 2 is 2.00 bits per heavy atom. The van der Waals surface area contributed by atoms with Crippen LogP contribution in [0.1, 0.15) is 47.0 Å². The molecule has 2 saturated carbocycles. The van der Waals surface area contributed by atoms with Crippen molar-refractivity contribution >= 4 is 5.78 Å². The van der Waals surface area contributed by atoms with Crippen LogP contribution in [0.5, 0.6) is 0 Å². The number of rotatable bonds is 0. The number of fused-ring (bicyclic) bond motifs is 3. The van der Waals surface area contributed by atoms with Gasteiger partial charge >= 0.3 is 0 Å². The van der Waals surface area contributed by atoms with Gasteiger partial charge in [-0.15, -0.1) is 0 Å². The van der Waals surface area contributed by atoms with Crippen LogP contribution in [-0.4, -0.2) is 5.78 Å². The lowest BCUT2D eigenvalue weighted by atomic mass is 9.59. The average Bonchev–Trinajstić information content (AvgIpc) is 2.78. The zero-order valence-corrected chi connectivity index (χ0v) is 10.8. The minimum absolute atomic E-state index is 0.182. The lowest BCUT2D eigenvalue weighted by Crippen LogP contribution is -2.40. The fourth-order valence-corrected chi connectivity index (χ4v) is 4.78. The van der Waals surface area contributed by atoms with Gasteiger partial charge in [0, 0.05) is 11.8 Å². The van der Waals surface area contributed by atoms with E-state index >= 15 is 0 Å². The molecule has 4 atom stereocenters. The summed E-state index contributed by atoms with van der Waals surface area (Å²) in [7, 11) is 0. The molecule has 3 rings (SSSR count). The fraction of sp³-hybridized carbons (Fsp3) is 0.800. The summed E-state index contributed by atoms with van der Waals surface area (Å²) in [6.07, 6.45) is 5.28. The zero-order valence-electron chi connectivity index (χ0n) is 10.8. The maximum Gasteiger partial charge on any atom is 0.159 e. The monoisotopic (exact) mass is 218 g/mol. The van der Waals surface area contributed by atoms with E-state index in [9.17, 15) is 4.79 Å². The van der Waals surface area contributed by atoms with Crippen molar-refractivity contribution in [3.63, 3.8) is 0 Å². The maximum atomic E-state index is 12.1. The molecule has 0 bridgehead atoms. The van der Waals surface area contributed by atoms with Gasteiger partial charge in [-0.2, -0.15) is 0 Å². The molecule has 0 aliphatic heterocycles. The minimum atomic E-state index is 0.182. The second kappa shape index (κ2) is 2.80. The molecule has 88 valence electrons. The molecule has 2 fully saturated rings. The Bertz CT molecular complexity index is 390. The molecule has 0 aromatic carbocycles. The summed E-state index contributed by atoms with van der Waals surface area (Å²) < 4.78 is 0. The smallest absolute Gasteiger partial charge is 0.159 e. The summed E-state index contributed by atoms with van der Waals surface area (Å²) in [6.45, 7) is 9.47. The molecule has 0 unspecified atom stereocenters. The zero-order chi connectivity index (χ0) is 11.7. The van der Waals surface area contributed by atoms with E-state index in [2.05, 4.69) is 33.8 Å². The summed E-state index contributed by atoms with van der Waals surface area (Å²) in [6, 6.07) is 0. The van der Waals surface area contributed by atoms with Crippen LogP contribution in [0.4, 0.5) is 0 Å². The van der Waals surface area contributed by atoms with E-state index in [4.69, 9.17) is 0 Å². The molecule has 0 aromatic rings. The van der Waals surface area contributed by atoms with E-state index in [-0.39, 0.29) is 5.41 Å². The van der Waals surface area contributed by atoms with E-state index in [1.165, 1.54) is 5.57 Å². The van der Waals surface area contributed by atoms with Gasteiger partial charge in [0.1, 0.15) is 0 Å². The molecule has 0 heterocycles. The molecule has 16 heavy (non-hydrogen) atoms. The molecule has 1 nitrogen and oxygen atoms in total. The summed E-state index contributed by atoms with van der Waals surface area (Å²) >= 11 is 0. The number of allylic oxidation sites excluding steroid dienone is 2. The summed E-state index contributed by atoms with van der Waals surface area (Å²) in [4.78, 5) is 12.1. The number of hydrogen-bond donors (Lipinski definition) is 0. The standard InChI is InChI=1S/C15H22O/c1-9-5-8-12(16)10-6-7-11-13(14(11,2)3)15(9,10)4/h6,9,11,13H,5,7-8H2,1-4H3/t9-,11-,13+,15+/m1/s1. The highest BCUT2D eigenvalue weighted by Gasteiger charge is 2.68. The molecule has 0 aromatic heterocycles. The molecule has 3 aliphatic carbocycles. The lowest BCUT2D eigenvalue weighted by Gasteiger charge is -2.44. The topological polar surface area (TPSA) is 17.1 Å². The SMILES string of the molecule is C[C@@H]1CCC(=O)C2=CC[C@@H]3[C@@H](C3(C)C)[C@]21C. The molecule has 1 heteroatoms. The Morgan fingerprint density at radius 1 is 1.31 bits per heavy atom.